The van der Waals surface area contributed by atoms with E-state index in [-0.39, 0.29) is 38.6 Å². The maximum Gasteiger partial charge on any atom is 0.306 e. The largest absolute Gasteiger partial charge is 0.545 e. The molecule has 0 bridgehead atoms. The van der Waals surface area contributed by atoms with E-state index in [9.17, 15) is 19.5 Å². The van der Waals surface area contributed by atoms with Gasteiger partial charge in [-0.1, -0.05) is 241 Å². The zero-order valence-electron chi connectivity index (χ0n) is 52.7. The molecule has 2 atom stereocenters. The number of quaternary nitrogens is 1. The average Bonchev–Trinajstić information content (AvgIpc) is 3.46. The van der Waals surface area contributed by atoms with Crippen molar-refractivity contribution in [3.63, 3.8) is 0 Å². The molecule has 0 heterocycles. The van der Waals surface area contributed by atoms with Gasteiger partial charge in [-0.3, -0.25) is 9.59 Å². The summed E-state index contributed by atoms with van der Waals surface area (Å²) in [6.45, 7) is 4.45. The van der Waals surface area contributed by atoms with Crippen molar-refractivity contribution in [1.29, 1.82) is 0 Å². The lowest BCUT2D eigenvalue weighted by atomic mass is 10.1. The summed E-state index contributed by atoms with van der Waals surface area (Å²) >= 11 is 0. The first-order valence-corrected chi connectivity index (χ1v) is 31.9. The molecule has 0 amide bonds. The van der Waals surface area contributed by atoms with Crippen molar-refractivity contribution in [2.75, 3.05) is 47.5 Å². The Morgan fingerprint density at radius 3 is 0.964 bits per heavy atom. The predicted octanol–water partition coefficient (Wildman–Crippen LogP) is 18.3. The molecule has 9 heteroatoms. The van der Waals surface area contributed by atoms with Crippen LogP contribution in [-0.2, 0) is 33.3 Å². The molecule has 0 N–H and O–H groups in total. The lowest BCUT2D eigenvalue weighted by Crippen LogP contribution is -2.44. The zero-order valence-corrected chi connectivity index (χ0v) is 52.7. The molecule has 83 heavy (non-hydrogen) atoms. The Hall–Kier alpha value is -5.61. The van der Waals surface area contributed by atoms with Crippen molar-refractivity contribution in [2.45, 2.75) is 219 Å². The monoisotopic (exact) mass is 1150 g/mol. The molecule has 0 aromatic rings. The smallest absolute Gasteiger partial charge is 0.306 e. The summed E-state index contributed by atoms with van der Waals surface area (Å²) in [5, 5.41) is 11.8. The standard InChI is InChI=1S/C74H115NO8/c1-6-8-10-12-14-16-18-20-22-24-26-28-29-30-31-32-33-34-35-36-37-38-39-40-41-42-43-45-47-49-51-53-55-57-59-61-63-65-72(77)83-70(69-82-74(73(78)79)80-67-66-75(3,4)5)68-81-71(76)64-62-60-58-56-54-52-50-48-46-44-27-25-23-21-19-17-15-13-11-9-7-2/h8-11,14-17,20-23,26-28,30-31,33-34,36-37,39-40,42-44,47-50,70,74H,6-7,12-13,18-19,24-25,29,32,35,38,41,45-46,51-69H2,1-5H3/b10-8-,11-9-,16-14-,17-15-,22-20-,23-21-,28-26-,31-30-,34-33-,37-36-,40-39-,43-42-,44-27-,49-47-,50-48-. The summed E-state index contributed by atoms with van der Waals surface area (Å²) in [5.74, 6) is -2.35. The van der Waals surface area contributed by atoms with Gasteiger partial charge in [0.15, 0.2) is 12.4 Å². The van der Waals surface area contributed by atoms with E-state index in [1.807, 2.05) is 21.1 Å². The molecule has 0 aromatic carbocycles. The SMILES string of the molecule is CC/C=C\C/C=C\C/C=C\C/C=C\C/C=C\C/C=C\C/C=C\C/C=C\C/C=C\C/C=C\CCCCCCCCC(=O)OC(COC(=O)CCCCCCC/C=C\C/C=C\C/C=C\C/C=C\C/C=C\CC)COC(OCC[N+](C)(C)C)C(=O)[O-]. The molecule has 0 spiro atoms. The normalized spacial score (nSPS) is 14.0. The molecule has 0 saturated carbocycles. The highest BCUT2D eigenvalue weighted by Gasteiger charge is 2.22. The summed E-state index contributed by atoms with van der Waals surface area (Å²) in [4.78, 5) is 37.4. The third-order valence-electron chi connectivity index (χ3n) is 12.6. The Labute approximate surface area is 507 Å². The number of allylic oxidation sites excluding steroid dienone is 30. The van der Waals surface area contributed by atoms with Gasteiger partial charge in [-0.25, -0.2) is 0 Å². The van der Waals surface area contributed by atoms with Gasteiger partial charge in [-0.2, -0.15) is 0 Å². The van der Waals surface area contributed by atoms with Crippen LogP contribution in [0.5, 0.6) is 0 Å². The number of carbonyl (C=O) groups is 3. The lowest BCUT2D eigenvalue weighted by molar-refractivity contribution is -0.870. The first-order chi connectivity index (χ1) is 40.6. The number of nitrogens with zero attached hydrogens (tertiary/aromatic N) is 1. The molecule has 9 nitrogen and oxygen atoms in total. The fourth-order valence-corrected chi connectivity index (χ4v) is 7.82. The van der Waals surface area contributed by atoms with Crippen LogP contribution >= 0.6 is 0 Å². The van der Waals surface area contributed by atoms with E-state index >= 15 is 0 Å². The van der Waals surface area contributed by atoms with Crippen molar-refractivity contribution >= 4 is 17.9 Å². The topological polar surface area (TPSA) is 111 Å². The van der Waals surface area contributed by atoms with Gasteiger partial charge in [0, 0.05) is 12.8 Å². The fourth-order valence-electron chi connectivity index (χ4n) is 7.82. The number of hydrogen-bond acceptors (Lipinski definition) is 8. The van der Waals surface area contributed by atoms with E-state index in [2.05, 4.69) is 196 Å². The van der Waals surface area contributed by atoms with Crippen molar-refractivity contribution in [3.05, 3.63) is 182 Å². The summed E-state index contributed by atoms with van der Waals surface area (Å²) in [6, 6.07) is 0. The van der Waals surface area contributed by atoms with Crippen LogP contribution in [0.25, 0.3) is 0 Å². The second-order valence-electron chi connectivity index (χ2n) is 21.6. The number of carbonyl (C=O) groups excluding carboxylic acids is 3. The first kappa shape index (κ1) is 77.4. The third-order valence-corrected chi connectivity index (χ3v) is 12.6. The molecule has 0 radical (unpaired) electrons. The van der Waals surface area contributed by atoms with Gasteiger partial charge >= 0.3 is 11.9 Å². The number of unbranched alkanes of at least 4 members (excludes halogenated alkanes) is 11. The zero-order chi connectivity index (χ0) is 60.5. The fraction of sp³-hybridized carbons (Fsp3) is 0.554. The second kappa shape index (κ2) is 62.4. The van der Waals surface area contributed by atoms with Gasteiger partial charge in [0.2, 0.25) is 0 Å². The Bertz CT molecular complexity index is 2010. The molecule has 0 aliphatic rings. The van der Waals surface area contributed by atoms with Crippen molar-refractivity contribution in [1.82, 2.24) is 0 Å². The minimum Gasteiger partial charge on any atom is -0.545 e. The summed E-state index contributed by atoms with van der Waals surface area (Å²) in [6.07, 6.45) is 92.3. The average molecular weight is 1150 g/mol. The van der Waals surface area contributed by atoms with Crippen LogP contribution in [0, 0.1) is 0 Å². The van der Waals surface area contributed by atoms with Crippen LogP contribution in [0.1, 0.15) is 206 Å². The molecule has 0 aliphatic heterocycles. The number of carboxylic acids is 1. The number of rotatable bonds is 56. The number of carboxylic acid groups (broad SMARTS) is 1. The van der Waals surface area contributed by atoms with E-state index in [1.54, 1.807) is 0 Å². The van der Waals surface area contributed by atoms with E-state index in [1.165, 1.54) is 0 Å². The Morgan fingerprint density at radius 1 is 0.361 bits per heavy atom. The minimum absolute atomic E-state index is 0.130. The number of esters is 2. The molecule has 0 aromatic heterocycles. The number of hydrogen-bond donors (Lipinski definition) is 0. The van der Waals surface area contributed by atoms with Gasteiger partial charge < -0.3 is 33.3 Å². The molecular weight excluding hydrogens is 1030 g/mol. The Balaban J connectivity index is 4.30. The van der Waals surface area contributed by atoms with Crippen molar-refractivity contribution in [2.24, 2.45) is 0 Å². The van der Waals surface area contributed by atoms with Crippen LogP contribution in [0.3, 0.4) is 0 Å². The highest BCUT2D eigenvalue weighted by atomic mass is 16.7. The quantitative estimate of drug-likeness (QED) is 0.0195. The molecule has 0 aliphatic carbocycles. The molecule has 0 saturated heterocycles. The number of likely N-dealkylation sites (N-methyl/N-ethyl adjacent to an activating group) is 1. The predicted molar refractivity (Wildman–Crippen MR) is 351 cm³/mol. The molecular formula is C74H115NO8. The highest BCUT2D eigenvalue weighted by molar-refractivity contribution is 5.70. The van der Waals surface area contributed by atoms with E-state index in [4.69, 9.17) is 18.9 Å². The maximum atomic E-state index is 12.9. The van der Waals surface area contributed by atoms with Crippen LogP contribution in [-0.4, -0.2) is 82.3 Å². The van der Waals surface area contributed by atoms with Crippen molar-refractivity contribution < 1.29 is 42.9 Å². The Morgan fingerprint density at radius 2 is 0.651 bits per heavy atom. The maximum absolute atomic E-state index is 12.9. The van der Waals surface area contributed by atoms with Gasteiger partial charge in [0.05, 0.1) is 40.3 Å². The van der Waals surface area contributed by atoms with Crippen LogP contribution < -0.4 is 5.11 Å². The van der Waals surface area contributed by atoms with Gasteiger partial charge in [-0.05, 0) is 135 Å². The van der Waals surface area contributed by atoms with Crippen LogP contribution in [0.2, 0.25) is 0 Å². The van der Waals surface area contributed by atoms with E-state index < -0.39 is 24.3 Å². The number of aliphatic carboxylic acids is 1. The van der Waals surface area contributed by atoms with Crippen molar-refractivity contribution in [3.8, 4) is 0 Å². The van der Waals surface area contributed by atoms with Gasteiger partial charge in [0.1, 0.15) is 13.2 Å². The lowest BCUT2D eigenvalue weighted by Gasteiger charge is -2.26. The first-order valence-electron chi connectivity index (χ1n) is 31.9. The van der Waals surface area contributed by atoms with Gasteiger partial charge in [-0.15, -0.1) is 0 Å². The van der Waals surface area contributed by atoms with E-state index in [0.717, 1.165) is 167 Å². The molecule has 464 valence electrons. The molecule has 2 unspecified atom stereocenters. The Kier molecular flexibility index (Phi) is 58.2. The van der Waals surface area contributed by atoms with E-state index in [0.29, 0.717) is 23.9 Å². The van der Waals surface area contributed by atoms with Crippen LogP contribution in [0.15, 0.2) is 182 Å². The molecule has 0 rings (SSSR count). The molecule has 0 fully saturated rings. The van der Waals surface area contributed by atoms with Crippen LogP contribution in [0.4, 0.5) is 0 Å². The summed E-state index contributed by atoms with van der Waals surface area (Å²) < 4.78 is 22.7. The van der Waals surface area contributed by atoms with Gasteiger partial charge in [0.25, 0.3) is 0 Å². The number of ether oxygens (including phenoxy) is 4. The summed E-state index contributed by atoms with van der Waals surface area (Å²) in [7, 11) is 5.90. The third kappa shape index (κ3) is 63.8. The second-order valence-corrected chi connectivity index (χ2v) is 21.6. The minimum atomic E-state index is -1.64. The summed E-state index contributed by atoms with van der Waals surface area (Å²) in [5.41, 5.74) is 0. The highest BCUT2D eigenvalue weighted by Crippen LogP contribution is 2.13.